The van der Waals surface area contributed by atoms with Gasteiger partial charge in [0.05, 0.1) is 12.0 Å². The summed E-state index contributed by atoms with van der Waals surface area (Å²) in [5.41, 5.74) is 5.71. The van der Waals surface area contributed by atoms with Crippen LogP contribution in [0.5, 0.6) is 0 Å². The van der Waals surface area contributed by atoms with E-state index >= 15 is 0 Å². The van der Waals surface area contributed by atoms with Crippen LogP contribution < -0.4 is 11.1 Å². The largest absolute Gasteiger partial charge is 0.349 e. The first-order valence-electron chi connectivity index (χ1n) is 6.41. The molecule has 0 atom stereocenters. The van der Waals surface area contributed by atoms with E-state index in [0.29, 0.717) is 12.1 Å². The Kier molecular flexibility index (Phi) is 7.68. The van der Waals surface area contributed by atoms with Crippen molar-refractivity contribution < 1.29 is 13.6 Å². The van der Waals surface area contributed by atoms with Crippen LogP contribution in [0.2, 0.25) is 0 Å². The molecule has 0 fully saturated rings. The van der Waals surface area contributed by atoms with E-state index in [0.717, 1.165) is 25.0 Å². The van der Waals surface area contributed by atoms with Crippen LogP contribution in [0.1, 0.15) is 32.3 Å². The molecule has 0 aromatic heterocycles. The van der Waals surface area contributed by atoms with Crippen molar-refractivity contribution >= 4 is 18.3 Å². The lowest BCUT2D eigenvalue weighted by atomic mass is 9.92. The number of hydrogen-bond donors (Lipinski definition) is 2. The second kappa shape index (κ2) is 8.17. The third kappa shape index (κ3) is 4.72. The van der Waals surface area contributed by atoms with Crippen LogP contribution >= 0.6 is 12.4 Å². The molecule has 0 spiro atoms. The van der Waals surface area contributed by atoms with Gasteiger partial charge in [-0.15, -0.1) is 12.4 Å². The van der Waals surface area contributed by atoms with Crippen LogP contribution in [0.4, 0.5) is 8.78 Å². The van der Waals surface area contributed by atoms with Gasteiger partial charge in [0.2, 0.25) is 5.91 Å². The summed E-state index contributed by atoms with van der Waals surface area (Å²) < 4.78 is 25.8. The van der Waals surface area contributed by atoms with E-state index in [4.69, 9.17) is 5.73 Å². The molecule has 3 nitrogen and oxygen atoms in total. The molecular weight excluding hydrogens is 286 g/mol. The zero-order chi connectivity index (χ0) is 14.5. The number of benzene rings is 1. The van der Waals surface area contributed by atoms with Crippen LogP contribution in [-0.4, -0.2) is 18.0 Å². The molecule has 1 aromatic rings. The van der Waals surface area contributed by atoms with Crippen molar-refractivity contribution in [3.63, 3.8) is 0 Å². The van der Waals surface area contributed by atoms with Gasteiger partial charge in [-0.3, -0.25) is 4.79 Å². The van der Waals surface area contributed by atoms with Crippen molar-refractivity contribution in [2.24, 2.45) is 5.73 Å². The van der Waals surface area contributed by atoms with E-state index in [9.17, 15) is 13.6 Å². The molecule has 0 aliphatic carbocycles. The molecule has 0 saturated heterocycles. The average molecular weight is 307 g/mol. The molecule has 114 valence electrons. The standard InChI is InChI=1S/C14H20F2N2O.ClH/c1-3-14(4-2,9-17)18-13(19)8-10-5-6-11(15)12(16)7-10;/h5-7H,3-4,8-9,17H2,1-2H3,(H,18,19);1H. The summed E-state index contributed by atoms with van der Waals surface area (Å²) in [5.74, 6) is -2.09. The van der Waals surface area contributed by atoms with E-state index in [1.165, 1.54) is 6.07 Å². The Morgan fingerprint density at radius 3 is 2.30 bits per heavy atom. The summed E-state index contributed by atoms with van der Waals surface area (Å²) in [5, 5.41) is 2.88. The molecule has 0 saturated carbocycles. The highest BCUT2D eigenvalue weighted by atomic mass is 35.5. The molecule has 0 aliphatic heterocycles. The highest BCUT2D eigenvalue weighted by molar-refractivity contribution is 5.85. The van der Waals surface area contributed by atoms with Crippen LogP contribution in [0.3, 0.4) is 0 Å². The predicted octanol–water partition coefficient (Wildman–Crippen LogP) is 2.56. The third-order valence-electron chi connectivity index (χ3n) is 3.50. The fourth-order valence-corrected chi connectivity index (χ4v) is 1.94. The van der Waals surface area contributed by atoms with Crippen LogP contribution in [-0.2, 0) is 11.2 Å². The summed E-state index contributed by atoms with van der Waals surface area (Å²) in [6.45, 7) is 4.26. The number of carbonyl (C=O) groups is 1. The van der Waals surface area contributed by atoms with Gasteiger partial charge in [-0.05, 0) is 30.5 Å². The number of rotatable bonds is 6. The Hall–Kier alpha value is -1.20. The van der Waals surface area contributed by atoms with Crippen molar-refractivity contribution in [1.29, 1.82) is 0 Å². The Morgan fingerprint density at radius 2 is 1.85 bits per heavy atom. The molecule has 1 amide bonds. The molecule has 1 rings (SSSR count). The zero-order valence-electron chi connectivity index (χ0n) is 11.7. The number of carbonyl (C=O) groups excluding carboxylic acids is 1. The Balaban J connectivity index is 0.00000361. The molecule has 0 aliphatic rings. The smallest absolute Gasteiger partial charge is 0.224 e. The fraction of sp³-hybridized carbons (Fsp3) is 0.500. The SMILES string of the molecule is CCC(CC)(CN)NC(=O)Cc1ccc(F)c(F)c1.Cl. The molecule has 6 heteroatoms. The Bertz CT molecular complexity index is 443. The maximum absolute atomic E-state index is 13.0. The van der Waals surface area contributed by atoms with Crippen LogP contribution in [0.25, 0.3) is 0 Å². The van der Waals surface area contributed by atoms with Crippen molar-refractivity contribution in [3.05, 3.63) is 35.4 Å². The molecule has 0 radical (unpaired) electrons. The summed E-state index contributed by atoms with van der Waals surface area (Å²) in [4.78, 5) is 11.9. The van der Waals surface area contributed by atoms with Gasteiger partial charge in [0.1, 0.15) is 0 Å². The molecule has 0 unspecified atom stereocenters. The second-order valence-electron chi connectivity index (χ2n) is 4.66. The quantitative estimate of drug-likeness (QED) is 0.848. The van der Waals surface area contributed by atoms with Gasteiger partial charge < -0.3 is 11.1 Å². The van der Waals surface area contributed by atoms with E-state index in [1.54, 1.807) is 0 Å². The number of hydrogen-bond acceptors (Lipinski definition) is 2. The first-order valence-corrected chi connectivity index (χ1v) is 6.41. The predicted molar refractivity (Wildman–Crippen MR) is 77.8 cm³/mol. The Labute approximate surface area is 124 Å². The summed E-state index contributed by atoms with van der Waals surface area (Å²) in [6, 6.07) is 3.46. The van der Waals surface area contributed by atoms with Gasteiger partial charge in [-0.1, -0.05) is 19.9 Å². The van der Waals surface area contributed by atoms with Gasteiger partial charge in [-0.2, -0.15) is 0 Å². The van der Waals surface area contributed by atoms with E-state index in [-0.39, 0.29) is 24.7 Å². The second-order valence-corrected chi connectivity index (χ2v) is 4.66. The van der Waals surface area contributed by atoms with Crippen molar-refractivity contribution in [2.45, 2.75) is 38.6 Å². The number of amides is 1. The summed E-state index contributed by atoms with van der Waals surface area (Å²) in [6.07, 6.45) is 1.46. The van der Waals surface area contributed by atoms with Crippen molar-refractivity contribution in [1.82, 2.24) is 5.32 Å². The zero-order valence-corrected chi connectivity index (χ0v) is 12.5. The Morgan fingerprint density at radius 1 is 1.25 bits per heavy atom. The lowest BCUT2D eigenvalue weighted by Crippen LogP contribution is -2.53. The highest BCUT2D eigenvalue weighted by Crippen LogP contribution is 2.14. The minimum absolute atomic E-state index is 0. The minimum atomic E-state index is -0.943. The van der Waals surface area contributed by atoms with Crippen LogP contribution in [0.15, 0.2) is 18.2 Å². The maximum atomic E-state index is 13.0. The fourth-order valence-electron chi connectivity index (χ4n) is 1.94. The molecular formula is C14H21ClF2N2O. The summed E-state index contributed by atoms with van der Waals surface area (Å²) in [7, 11) is 0. The van der Waals surface area contributed by atoms with Gasteiger partial charge in [0, 0.05) is 6.54 Å². The summed E-state index contributed by atoms with van der Waals surface area (Å²) >= 11 is 0. The molecule has 1 aromatic carbocycles. The highest BCUT2D eigenvalue weighted by Gasteiger charge is 2.26. The maximum Gasteiger partial charge on any atom is 0.224 e. The molecule has 0 heterocycles. The van der Waals surface area contributed by atoms with Gasteiger partial charge >= 0.3 is 0 Å². The minimum Gasteiger partial charge on any atom is -0.349 e. The number of halogens is 3. The van der Waals surface area contributed by atoms with E-state index in [1.807, 2.05) is 13.8 Å². The first-order chi connectivity index (χ1) is 8.96. The topological polar surface area (TPSA) is 55.1 Å². The molecule has 3 N–H and O–H groups in total. The number of nitrogens with one attached hydrogen (secondary N) is 1. The van der Waals surface area contributed by atoms with Gasteiger partial charge in [0.15, 0.2) is 11.6 Å². The van der Waals surface area contributed by atoms with Crippen LogP contribution in [0, 0.1) is 11.6 Å². The molecule has 0 bridgehead atoms. The van der Waals surface area contributed by atoms with Gasteiger partial charge in [-0.25, -0.2) is 8.78 Å². The first kappa shape index (κ1) is 18.8. The average Bonchev–Trinajstić information content (AvgIpc) is 2.40. The van der Waals surface area contributed by atoms with Gasteiger partial charge in [0.25, 0.3) is 0 Å². The molecule has 20 heavy (non-hydrogen) atoms. The lowest BCUT2D eigenvalue weighted by molar-refractivity contribution is -0.122. The van der Waals surface area contributed by atoms with Crippen molar-refractivity contribution in [3.8, 4) is 0 Å². The number of nitrogens with two attached hydrogens (primary N) is 1. The monoisotopic (exact) mass is 306 g/mol. The lowest BCUT2D eigenvalue weighted by Gasteiger charge is -2.31. The van der Waals surface area contributed by atoms with E-state index in [2.05, 4.69) is 5.32 Å². The van der Waals surface area contributed by atoms with E-state index < -0.39 is 17.2 Å². The normalized spacial score (nSPS) is 10.8. The third-order valence-corrected chi connectivity index (χ3v) is 3.50. The van der Waals surface area contributed by atoms with Crippen molar-refractivity contribution in [2.75, 3.05) is 6.54 Å².